The second kappa shape index (κ2) is 7.14. The fourth-order valence-corrected chi connectivity index (χ4v) is 2.91. The molecule has 0 fully saturated rings. The highest BCUT2D eigenvalue weighted by Crippen LogP contribution is 2.15. The molecule has 1 amide bonds. The minimum Gasteiger partial charge on any atom is -0.296 e. The Balaban J connectivity index is 1.92. The van der Waals surface area contributed by atoms with Crippen LogP contribution in [0.3, 0.4) is 0 Å². The minimum atomic E-state index is -0.220. The van der Waals surface area contributed by atoms with E-state index in [0.717, 1.165) is 10.0 Å². The number of para-hydroxylation sites is 1. The molecule has 3 rings (SSSR count). The normalized spacial score (nSPS) is 10.8. The van der Waals surface area contributed by atoms with Crippen LogP contribution in [0, 0.1) is 6.92 Å². The number of likely N-dealkylation sites (N-methyl/N-ethyl adjacent to an activating group) is 1. The number of carbonyl (C=O) groups is 1. The number of aryl methyl sites for hydroxylation is 1. The lowest BCUT2D eigenvalue weighted by molar-refractivity contribution is -0.119. The third-order valence-corrected chi connectivity index (χ3v) is 4.44. The molecule has 25 heavy (non-hydrogen) atoms. The van der Waals surface area contributed by atoms with E-state index in [9.17, 15) is 9.59 Å². The number of anilines is 1. The molecule has 2 aromatic heterocycles. The van der Waals surface area contributed by atoms with Crippen molar-refractivity contribution < 1.29 is 4.79 Å². The van der Waals surface area contributed by atoms with Crippen LogP contribution in [0.25, 0.3) is 10.9 Å². The molecule has 128 valence electrons. The van der Waals surface area contributed by atoms with Gasteiger partial charge in [0.1, 0.15) is 12.4 Å². The molecule has 2 heterocycles. The fraction of sp³-hybridized carbons (Fsp3) is 0.222. The van der Waals surface area contributed by atoms with Crippen molar-refractivity contribution in [2.75, 3.05) is 11.4 Å². The first-order valence-corrected chi connectivity index (χ1v) is 8.67. The van der Waals surface area contributed by atoms with Crippen LogP contribution >= 0.6 is 15.9 Å². The van der Waals surface area contributed by atoms with Crippen molar-refractivity contribution in [1.82, 2.24) is 14.5 Å². The number of carbonyl (C=O) groups excluding carboxylic acids is 1. The van der Waals surface area contributed by atoms with Gasteiger partial charge in [0.15, 0.2) is 0 Å². The summed E-state index contributed by atoms with van der Waals surface area (Å²) < 4.78 is 2.18. The first-order chi connectivity index (χ1) is 12.0. The predicted octanol–water partition coefficient (Wildman–Crippen LogP) is 2.92. The van der Waals surface area contributed by atoms with Gasteiger partial charge in [0.05, 0.1) is 17.2 Å². The van der Waals surface area contributed by atoms with Gasteiger partial charge in [0.2, 0.25) is 5.91 Å². The highest BCUT2D eigenvalue weighted by atomic mass is 79.9. The third kappa shape index (κ3) is 3.46. The SMILES string of the molecule is CCN(C(=O)Cn1cnc2c(C)cccc2c1=O)c1ccc(Br)cn1. The third-order valence-electron chi connectivity index (χ3n) is 3.97. The lowest BCUT2D eigenvalue weighted by Crippen LogP contribution is -2.37. The summed E-state index contributed by atoms with van der Waals surface area (Å²) in [6.45, 7) is 4.15. The van der Waals surface area contributed by atoms with Gasteiger partial charge in [-0.2, -0.15) is 0 Å². The molecule has 0 bridgehead atoms. The average molecular weight is 401 g/mol. The second-order valence-electron chi connectivity index (χ2n) is 5.62. The Hall–Kier alpha value is -2.54. The number of aromatic nitrogens is 3. The number of fused-ring (bicyclic) bond motifs is 1. The van der Waals surface area contributed by atoms with E-state index in [1.165, 1.54) is 10.9 Å². The summed E-state index contributed by atoms with van der Waals surface area (Å²) in [5, 5.41) is 0.514. The highest BCUT2D eigenvalue weighted by molar-refractivity contribution is 9.10. The molecular weight excluding hydrogens is 384 g/mol. The summed E-state index contributed by atoms with van der Waals surface area (Å²) in [7, 11) is 0. The van der Waals surface area contributed by atoms with E-state index in [-0.39, 0.29) is 18.0 Å². The zero-order valence-electron chi connectivity index (χ0n) is 13.9. The van der Waals surface area contributed by atoms with Crippen LogP contribution < -0.4 is 10.5 Å². The van der Waals surface area contributed by atoms with Crippen LogP contribution in [0.4, 0.5) is 5.82 Å². The summed E-state index contributed by atoms with van der Waals surface area (Å²) >= 11 is 3.33. The van der Waals surface area contributed by atoms with Crippen molar-refractivity contribution in [1.29, 1.82) is 0 Å². The Labute approximate surface area is 153 Å². The van der Waals surface area contributed by atoms with Gasteiger partial charge in [0, 0.05) is 17.2 Å². The van der Waals surface area contributed by atoms with Crippen molar-refractivity contribution in [3.05, 3.63) is 63.2 Å². The Morgan fingerprint density at radius 2 is 2.04 bits per heavy atom. The number of amides is 1. The molecule has 3 aromatic rings. The van der Waals surface area contributed by atoms with Crippen molar-refractivity contribution in [2.24, 2.45) is 0 Å². The first-order valence-electron chi connectivity index (χ1n) is 7.88. The Bertz CT molecular complexity index is 983. The summed E-state index contributed by atoms with van der Waals surface area (Å²) in [6, 6.07) is 9.03. The molecule has 0 N–H and O–H groups in total. The molecule has 0 saturated carbocycles. The van der Waals surface area contributed by atoms with Crippen molar-refractivity contribution in [3.63, 3.8) is 0 Å². The summed E-state index contributed by atoms with van der Waals surface area (Å²) in [4.78, 5) is 35.4. The van der Waals surface area contributed by atoms with Crippen LogP contribution in [-0.2, 0) is 11.3 Å². The van der Waals surface area contributed by atoms with E-state index < -0.39 is 0 Å². The molecule has 0 saturated heterocycles. The number of hydrogen-bond acceptors (Lipinski definition) is 4. The van der Waals surface area contributed by atoms with Crippen LogP contribution in [0.5, 0.6) is 0 Å². The van der Waals surface area contributed by atoms with Gasteiger partial charge in [-0.05, 0) is 53.5 Å². The van der Waals surface area contributed by atoms with Gasteiger partial charge >= 0.3 is 0 Å². The Kier molecular flexibility index (Phi) is 4.94. The number of benzene rings is 1. The lowest BCUT2D eigenvalue weighted by Gasteiger charge is -2.20. The molecule has 6 nitrogen and oxygen atoms in total. The van der Waals surface area contributed by atoms with Crippen LogP contribution in [0.1, 0.15) is 12.5 Å². The lowest BCUT2D eigenvalue weighted by atomic mass is 10.1. The van der Waals surface area contributed by atoms with Crippen molar-refractivity contribution in [3.8, 4) is 0 Å². The van der Waals surface area contributed by atoms with E-state index in [4.69, 9.17) is 0 Å². The van der Waals surface area contributed by atoms with E-state index in [0.29, 0.717) is 23.3 Å². The van der Waals surface area contributed by atoms with E-state index in [1.807, 2.05) is 32.0 Å². The number of nitrogens with zero attached hydrogens (tertiary/aromatic N) is 4. The van der Waals surface area contributed by atoms with Gasteiger partial charge in [-0.15, -0.1) is 0 Å². The fourth-order valence-electron chi connectivity index (χ4n) is 2.67. The van der Waals surface area contributed by atoms with Crippen molar-refractivity contribution in [2.45, 2.75) is 20.4 Å². The zero-order chi connectivity index (χ0) is 18.0. The maximum atomic E-state index is 12.7. The van der Waals surface area contributed by atoms with E-state index >= 15 is 0 Å². The summed E-state index contributed by atoms with van der Waals surface area (Å²) in [5.41, 5.74) is 1.38. The molecular formula is C18H17BrN4O2. The van der Waals surface area contributed by atoms with Gasteiger partial charge in [0.25, 0.3) is 5.56 Å². The van der Waals surface area contributed by atoms with Crippen LogP contribution in [0.2, 0.25) is 0 Å². The number of halogens is 1. The molecule has 7 heteroatoms. The Morgan fingerprint density at radius 1 is 1.24 bits per heavy atom. The summed E-state index contributed by atoms with van der Waals surface area (Å²) in [5.74, 6) is 0.335. The number of pyridine rings is 1. The standard InChI is InChI=1S/C18H17BrN4O2/c1-3-23(15-8-7-13(19)9-20-15)16(24)10-22-11-21-17-12(2)5-4-6-14(17)18(22)25/h4-9,11H,3,10H2,1-2H3. The monoisotopic (exact) mass is 400 g/mol. The molecule has 0 aliphatic rings. The predicted molar refractivity (Wildman–Crippen MR) is 101 cm³/mol. The van der Waals surface area contributed by atoms with Gasteiger partial charge in [-0.1, -0.05) is 12.1 Å². The maximum Gasteiger partial charge on any atom is 0.261 e. The number of rotatable bonds is 4. The molecule has 1 aromatic carbocycles. The molecule has 0 radical (unpaired) electrons. The molecule has 0 unspecified atom stereocenters. The molecule has 0 aliphatic carbocycles. The quantitative estimate of drug-likeness (QED) is 0.674. The minimum absolute atomic E-state index is 0.0820. The average Bonchev–Trinajstić information content (AvgIpc) is 2.60. The summed E-state index contributed by atoms with van der Waals surface area (Å²) in [6.07, 6.45) is 3.07. The zero-order valence-corrected chi connectivity index (χ0v) is 15.5. The molecule has 0 aliphatic heterocycles. The first kappa shape index (κ1) is 17.3. The van der Waals surface area contributed by atoms with Gasteiger partial charge in [-0.3, -0.25) is 19.1 Å². The Morgan fingerprint density at radius 3 is 2.72 bits per heavy atom. The van der Waals surface area contributed by atoms with E-state index in [1.54, 1.807) is 23.2 Å². The molecule has 0 spiro atoms. The smallest absolute Gasteiger partial charge is 0.261 e. The largest absolute Gasteiger partial charge is 0.296 e. The molecule has 0 atom stereocenters. The van der Waals surface area contributed by atoms with Crippen LogP contribution in [0.15, 0.2) is 52.1 Å². The van der Waals surface area contributed by atoms with Gasteiger partial charge < -0.3 is 0 Å². The van der Waals surface area contributed by atoms with Crippen LogP contribution in [-0.4, -0.2) is 27.0 Å². The van der Waals surface area contributed by atoms with Gasteiger partial charge in [-0.25, -0.2) is 9.97 Å². The highest BCUT2D eigenvalue weighted by Gasteiger charge is 2.17. The number of hydrogen-bond donors (Lipinski definition) is 0. The topological polar surface area (TPSA) is 68.1 Å². The van der Waals surface area contributed by atoms with E-state index in [2.05, 4.69) is 25.9 Å². The van der Waals surface area contributed by atoms with Crippen molar-refractivity contribution >= 4 is 38.6 Å². The maximum absolute atomic E-state index is 12.7. The second-order valence-corrected chi connectivity index (χ2v) is 6.54.